The van der Waals surface area contributed by atoms with Crippen LogP contribution in [0.3, 0.4) is 0 Å². The summed E-state index contributed by atoms with van der Waals surface area (Å²) in [4.78, 5) is 13.8. The zero-order chi connectivity index (χ0) is 11.8. The molecular formula is C13H23NO2. The molecule has 0 aromatic heterocycles. The van der Waals surface area contributed by atoms with E-state index in [4.69, 9.17) is 4.74 Å². The lowest BCUT2D eigenvalue weighted by atomic mass is 9.94. The van der Waals surface area contributed by atoms with Crippen molar-refractivity contribution in [2.75, 3.05) is 13.1 Å². The number of rotatable bonds is 1. The van der Waals surface area contributed by atoms with Crippen molar-refractivity contribution in [3.05, 3.63) is 0 Å². The molecule has 0 radical (unpaired) electrons. The summed E-state index contributed by atoms with van der Waals surface area (Å²) in [5.74, 6) is 1.63. The second-order valence-electron chi connectivity index (χ2n) is 6.17. The second kappa shape index (κ2) is 4.27. The predicted molar refractivity (Wildman–Crippen MR) is 63.3 cm³/mol. The number of hydrogen-bond donors (Lipinski definition) is 0. The van der Waals surface area contributed by atoms with Crippen LogP contribution in [0.25, 0.3) is 0 Å². The van der Waals surface area contributed by atoms with Crippen LogP contribution in [0, 0.1) is 11.8 Å². The van der Waals surface area contributed by atoms with Crippen molar-refractivity contribution in [3.63, 3.8) is 0 Å². The lowest BCUT2D eigenvalue weighted by Gasteiger charge is -2.34. The fourth-order valence-electron chi connectivity index (χ4n) is 2.45. The Morgan fingerprint density at radius 1 is 1.19 bits per heavy atom. The van der Waals surface area contributed by atoms with E-state index in [0.29, 0.717) is 0 Å². The average Bonchev–Trinajstić information content (AvgIpc) is 2.98. The molecular weight excluding hydrogens is 202 g/mol. The molecule has 0 aromatic rings. The number of carbonyl (C=O) groups is 1. The highest BCUT2D eigenvalue weighted by Gasteiger charge is 2.36. The van der Waals surface area contributed by atoms with Gasteiger partial charge in [-0.25, -0.2) is 4.79 Å². The molecule has 1 aliphatic heterocycles. The molecule has 0 aromatic carbocycles. The van der Waals surface area contributed by atoms with Crippen LogP contribution in [0.15, 0.2) is 0 Å². The Labute approximate surface area is 98.1 Å². The van der Waals surface area contributed by atoms with Gasteiger partial charge in [0.15, 0.2) is 0 Å². The van der Waals surface area contributed by atoms with E-state index >= 15 is 0 Å². The van der Waals surface area contributed by atoms with Crippen LogP contribution in [0.2, 0.25) is 0 Å². The number of carbonyl (C=O) groups excluding carboxylic acids is 1. The van der Waals surface area contributed by atoms with Gasteiger partial charge in [0, 0.05) is 13.1 Å². The first kappa shape index (κ1) is 11.7. The molecule has 0 N–H and O–H groups in total. The van der Waals surface area contributed by atoms with Gasteiger partial charge in [0.2, 0.25) is 0 Å². The van der Waals surface area contributed by atoms with Crippen molar-refractivity contribution in [1.29, 1.82) is 0 Å². The first-order chi connectivity index (χ1) is 7.46. The number of piperidine rings is 1. The third-order valence-electron chi connectivity index (χ3n) is 3.40. The molecule has 92 valence electrons. The first-order valence-corrected chi connectivity index (χ1v) is 6.43. The van der Waals surface area contributed by atoms with Gasteiger partial charge in [-0.05, 0) is 58.3 Å². The van der Waals surface area contributed by atoms with Crippen LogP contribution in [0.1, 0.15) is 46.5 Å². The molecule has 1 heterocycles. The lowest BCUT2D eigenvalue weighted by molar-refractivity contribution is 0.0154. The van der Waals surface area contributed by atoms with Gasteiger partial charge in [0.25, 0.3) is 0 Å². The SMILES string of the molecule is CC(C)(C)OC(=O)N1CCC[C@H](C2CC2)C1. The molecule has 2 fully saturated rings. The Hall–Kier alpha value is -0.730. The lowest BCUT2D eigenvalue weighted by Crippen LogP contribution is -2.43. The molecule has 2 rings (SSSR count). The maximum absolute atomic E-state index is 11.9. The molecule has 3 nitrogen and oxygen atoms in total. The summed E-state index contributed by atoms with van der Waals surface area (Å²) in [6.45, 7) is 7.56. The maximum atomic E-state index is 11.9. The van der Waals surface area contributed by atoms with Crippen molar-refractivity contribution in [3.8, 4) is 0 Å². The minimum Gasteiger partial charge on any atom is -0.444 e. The quantitative estimate of drug-likeness (QED) is 0.686. The van der Waals surface area contributed by atoms with Crippen molar-refractivity contribution in [2.45, 2.75) is 52.1 Å². The number of ether oxygens (including phenoxy) is 1. The number of hydrogen-bond acceptors (Lipinski definition) is 2. The van der Waals surface area contributed by atoms with Crippen LogP contribution < -0.4 is 0 Å². The summed E-state index contributed by atoms with van der Waals surface area (Å²) in [5.41, 5.74) is -0.371. The Balaban J connectivity index is 1.86. The molecule has 1 amide bonds. The summed E-state index contributed by atoms with van der Waals surface area (Å²) >= 11 is 0. The van der Waals surface area contributed by atoms with Gasteiger partial charge < -0.3 is 9.64 Å². The summed E-state index contributed by atoms with van der Waals surface area (Å²) in [5, 5.41) is 0. The maximum Gasteiger partial charge on any atom is 0.410 e. The molecule has 16 heavy (non-hydrogen) atoms. The van der Waals surface area contributed by atoms with Crippen LogP contribution in [0.5, 0.6) is 0 Å². The predicted octanol–water partition coefficient (Wildman–Crippen LogP) is 3.04. The molecule has 1 aliphatic carbocycles. The van der Waals surface area contributed by atoms with Crippen LogP contribution in [-0.4, -0.2) is 29.7 Å². The number of nitrogens with zero attached hydrogens (tertiary/aromatic N) is 1. The van der Waals surface area contributed by atoms with E-state index in [-0.39, 0.29) is 11.7 Å². The van der Waals surface area contributed by atoms with Gasteiger partial charge in [0.1, 0.15) is 5.60 Å². The van der Waals surface area contributed by atoms with E-state index in [1.165, 1.54) is 19.3 Å². The van der Waals surface area contributed by atoms with Gasteiger partial charge >= 0.3 is 6.09 Å². The third kappa shape index (κ3) is 3.13. The zero-order valence-electron chi connectivity index (χ0n) is 10.7. The van der Waals surface area contributed by atoms with Crippen molar-refractivity contribution in [1.82, 2.24) is 4.90 Å². The van der Waals surface area contributed by atoms with Gasteiger partial charge in [-0.2, -0.15) is 0 Å². The van der Waals surface area contributed by atoms with E-state index in [1.54, 1.807) is 0 Å². The normalized spacial score (nSPS) is 26.7. The smallest absolute Gasteiger partial charge is 0.410 e. The van der Waals surface area contributed by atoms with E-state index in [2.05, 4.69) is 0 Å². The zero-order valence-corrected chi connectivity index (χ0v) is 10.7. The van der Waals surface area contributed by atoms with Crippen LogP contribution in [-0.2, 0) is 4.74 Å². The Bertz CT molecular complexity index is 266. The standard InChI is InChI=1S/C13H23NO2/c1-13(2,3)16-12(15)14-8-4-5-11(9-14)10-6-7-10/h10-11H,4-9H2,1-3H3/t11-/m0/s1. The fourth-order valence-corrected chi connectivity index (χ4v) is 2.45. The molecule has 0 spiro atoms. The molecule has 1 saturated heterocycles. The summed E-state index contributed by atoms with van der Waals surface area (Å²) in [7, 11) is 0. The van der Waals surface area contributed by atoms with Crippen molar-refractivity contribution < 1.29 is 9.53 Å². The molecule has 1 atom stereocenters. The topological polar surface area (TPSA) is 29.5 Å². The number of amides is 1. The van der Waals surface area contributed by atoms with E-state index < -0.39 is 0 Å². The largest absolute Gasteiger partial charge is 0.444 e. The highest BCUT2D eigenvalue weighted by Crippen LogP contribution is 2.41. The van der Waals surface area contributed by atoms with E-state index in [0.717, 1.165) is 31.3 Å². The van der Waals surface area contributed by atoms with Gasteiger partial charge in [-0.1, -0.05) is 0 Å². The van der Waals surface area contributed by atoms with Gasteiger partial charge in [-0.15, -0.1) is 0 Å². The monoisotopic (exact) mass is 225 g/mol. The Kier molecular flexibility index (Phi) is 3.13. The first-order valence-electron chi connectivity index (χ1n) is 6.43. The minimum absolute atomic E-state index is 0.127. The highest BCUT2D eigenvalue weighted by atomic mass is 16.6. The third-order valence-corrected chi connectivity index (χ3v) is 3.40. The summed E-state index contributed by atoms with van der Waals surface area (Å²) in [6.07, 6.45) is 5.04. The number of likely N-dealkylation sites (tertiary alicyclic amines) is 1. The minimum atomic E-state index is -0.371. The molecule has 0 unspecified atom stereocenters. The molecule has 0 bridgehead atoms. The highest BCUT2D eigenvalue weighted by molar-refractivity contribution is 5.68. The molecule has 1 saturated carbocycles. The van der Waals surface area contributed by atoms with Crippen molar-refractivity contribution >= 4 is 6.09 Å². The Morgan fingerprint density at radius 2 is 1.88 bits per heavy atom. The van der Waals surface area contributed by atoms with Crippen LogP contribution in [0.4, 0.5) is 4.79 Å². The van der Waals surface area contributed by atoms with Crippen LogP contribution >= 0.6 is 0 Å². The average molecular weight is 225 g/mol. The Morgan fingerprint density at radius 3 is 2.44 bits per heavy atom. The van der Waals surface area contributed by atoms with E-state index in [9.17, 15) is 4.79 Å². The summed E-state index contributed by atoms with van der Waals surface area (Å²) in [6, 6.07) is 0. The molecule has 2 aliphatic rings. The second-order valence-corrected chi connectivity index (χ2v) is 6.17. The van der Waals surface area contributed by atoms with Crippen molar-refractivity contribution in [2.24, 2.45) is 11.8 Å². The van der Waals surface area contributed by atoms with E-state index in [1.807, 2.05) is 25.7 Å². The van der Waals surface area contributed by atoms with Gasteiger partial charge in [-0.3, -0.25) is 0 Å². The summed E-state index contributed by atoms with van der Waals surface area (Å²) < 4.78 is 5.41. The molecule has 3 heteroatoms. The van der Waals surface area contributed by atoms with Gasteiger partial charge in [0.05, 0.1) is 0 Å². The fraction of sp³-hybridized carbons (Fsp3) is 0.923.